The van der Waals surface area contributed by atoms with Crippen molar-refractivity contribution in [3.63, 3.8) is 0 Å². The average Bonchev–Trinajstić information content (AvgIpc) is 3.05. The zero-order valence-corrected chi connectivity index (χ0v) is 15.2. The fourth-order valence-corrected chi connectivity index (χ4v) is 3.18. The van der Waals surface area contributed by atoms with Crippen molar-refractivity contribution >= 4 is 12.1 Å². The molecule has 0 bridgehead atoms. The van der Waals surface area contributed by atoms with Gasteiger partial charge >= 0.3 is 5.69 Å². The molecule has 0 spiro atoms. The number of aliphatic hydroxyl groups excluding tert-OH is 2. The van der Waals surface area contributed by atoms with E-state index in [2.05, 4.69) is 4.94 Å². The smallest absolute Gasteiger partial charge is 0.330 e. The molecule has 3 rings (SSSR count). The zero-order chi connectivity index (χ0) is 21.0. The topological polar surface area (TPSA) is 134 Å². The average molecular weight is 409 g/mol. The molecule has 0 radical (unpaired) electrons. The SMILES string of the molecule is O=CN(CCc1ccccc1)c1cn([C@@H]2O[C@H](CO)[C@H](O)[C@H]2OF)c(=O)[nH]c1=O. The Hall–Kier alpha value is -2.86. The molecule has 1 fully saturated rings. The summed E-state index contributed by atoms with van der Waals surface area (Å²) in [6.45, 7) is -0.495. The van der Waals surface area contributed by atoms with Gasteiger partial charge in [0.15, 0.2) is 12.3 Å². The molecule has 4 atom stereocenters. The summed E-state index contributed by atoms with van der Waals surface area (Å²) in [6, 6.07) is 9.25. The van der Waals surface area contributed by atoms with Gasteiger partial charge in [0.2, 0.25) is 6.41 Å². The van der Waals surface area contributed by atoms with Gasteiger partial charge in [-0.05, 0) is 16.5 Å². The number of ether oxygens (including phenoxy) is 1. The Morgan fingerprint density at radius 2 is 2.03 bits per heavy atom. The first-order valence-electron chi connectivity index (χ1n) is 8.83. The molecule has 1 aliphatic heterocycles. The fourth-order valence-electron chi connectivity index (χ4n) is 3.18. The van der Waals surface area contributed by atoms with E-state index in [0.29, 0.717) is 12.8 Å². The molecule has 1 aromatic carbocycles. The van der Waals surface area contributed by atoms with Gasteiger partial charge < -0.3 is 19.8 Å². The first kappa shape index (κ1) is 20.9. The van der Waals surface area contributed by atoms with Crippen LogP contribution in [-0.4, -0.2) is 57.6 Å². The van der Waals surface area contributed by atoms with Gasteiger partial charge in [0.05, 0.1) is 6.61 Å². The summed E-state index contributed by atoms with van der Waals surface area (Å²) in [7, 11) is 0. The monoisotopic (exact) mass is 409 g/mol. The summed E-state index contributed by atoms with van der Waals surface area (Å²) >= 11 is 0. The molecule has 0 unspecified atom stereocenters. The molecule has 1 aromatic heterocycles. The van der Waals surface area contributed by atoms with Crippen molar-refractivity contribution in [1.82, 2.24) is 9.55 Å². The van der Waals surface area contributed by atoms with E-state index in [1.807, 2.05) is 35.3 Å². The maximum Gasteiger partial charge on any atom is 0.330 e. The van der Waals surface area contributed by atoms with Crippen molar-refractivity contribution in [2.75, 3.05) is 18.1 Å². The van der Waals surface area contributed by atoms with Gasteiger partial charge in [-0.2, -0.15) is 4.94 Å². The molecule has 10 nitrogen and oxygen atoms in total. The van der Waals surface area contributed by atoms with Crippen LogP contribution >= 0.6 is 0 Å². The summed E-state index contributed by atoms with van der Waals surface area (Å²) in [4.78, 5) is 42.9. The van der Waals surface area contributed by atoms with Crippen LogP contribution in [0.3, 0.4) is 0 Å². The van der Waals surface area contributed by atoms with E-state index < -0.39 is 42.4 Å². The Balaban J connectivity index is 1.91. The third-order valence-electron chi connectivity index (χ3n) is 4.74. The van der Waals surface area contributed by atoms with Gasteiger partial charge in [0.1, 0.15) is 17.9 Å². The maximum absolute atomic E-state index is 13.0. The number of aromatic amines is 1. The summed E-state index contributed by atoms with van der Waals surface area (Å²) in [5.41, 5.74) is -1.01. The lowest BCUT2D eigenvalue weighted by Gasteiger charge is -2.21. The zero-order valence-electron chi connectivity index (χ0n) is 15.2. The number of rotatable bonds is 8. The molecule has 0 saturated carbocycles. The number of hydrogen-bond acceptors (Lipinski definition) is 7. The number of benzene rings is 1. The lowest BCUT2D eigenvalue weighted by molar-refractivity contribution is -0.221. The van der Waals surface area contributed by atoms with Crippen molar-refractivity contribution in [3.8, 4) is 0 Å². The molecular weight excluding hydrogens is 389 g/mol. The van der Waals surface area contributed by atoms with E-state index in [1.165, 1.54) is 0 Å². The number of H-pyrrole nitrogens is 1. The summed E-state index contributed by atoms with van der Waals surface area (Å²) < 4.78 is 19.1. The van der Waals surface area contributed by atoms with E-state index in [9.17, 15) is 29.1 Å². The van der Waals surface area contributed by atoms with Crippen LogP contribution in [0.2, 0.25) is 0 Å². The number of nitrogens with zero attached hydrogens (tertiary/aromatic N) is 2. The summed E-state index contributed by atoms with van der Waals surface area (Å²) in [5, 5.41) is 19.2. The molecule has 1 saturated heterocycles. The Morgan fingerprint density at radius 3 is 2.66 bits per heavy atom. The minimum absolute atomic E-state index is 0.144. The van der Waals surface area contributed by atoms with Crippen LogP contribution in [0.4, 0.5) is 10.2 Å². The predicted molar refractivity (Wildman–Crippen MR) is 97.9 cm³/mol. The fraction of sp³-hybridized carbons (Fsp3) is 0.389. The van der Waals surface area contributed by atoms with Crippen LogP contribution in [0.1, 0.15) is 11.8 Å². The Bertz CT molecular complexity index is 948. The van der Waals surface area contributed by atoms with Crippen molar-refractivity contribution in [2.24, 2.45) is 0 Å². The van der Waals surface area contributed by atoms with E-state index >= 15 is 0 Å². The maximum atomic E-state index is 13.0. The lowest BCUT2D eigenvalue weighted by Crippen LogP contribution is -2.41. The van der Waals surface area contributed by atoms with Crippen LogP contribution in [0.15, 0.2) is 46.1 Å². The van der Waals surface area contributed by atoms with Crippen LogP contribution in [-0.2, 0) is 20.9 Å². The van der Waals surface area contributed by atoms with Gasteiger partial charge in [-0.25, -0.2) is 4.79 Å². The Morgan fingerprint density at radius 1 is 1.31 bits per heavy atom. The van der Waals surface area contributed by atoms with E-state index in [0.717, 1.165) is 21.2 Å². The number of amides is 1. The Labute approximate surface area is 163 Å². The number of nitrogens with one attached hydrogen (secondary N) is 1. The third-order valence-corrected chi connectivity index (χ3v) is 4.74. The van der Waals surface area contributed by atoms with Gasteiger partial charge in [-0.1, -0.05) is 30.3 Å². The Kier molecular flexibility index (Phi) is 6.54. The van der Waals surface area contributed by atoms with Crippen LogP contribution in [0.5, 0.6) is 0 Å². The molecule has 1 amide bonds. The van der Waals surface area contributed by atoms with Crippen LogP contribution < -0.4 is 16.1 Å². The number of aliphatic hydroxyl groups is 2. The van der Waals surface area contributed by atoms with Crippen molar-refractivity contribution < 1.29 is 29.2 Å². The second-order valence-corrected chi connectivity index (χ2v) is 6.51. The number of anilines is 1. The van der Waals surface area contributed by atoms with E-state index in [1.54, 1.807) is 0 Å². The van der Waals surface area contributed by atoms with Gasteiger partial charge in [0.25, 0.3) is 5.56 Å². The van der Waals surface area contributed by atoms with Gasteiger partial charge in [0, 0.05) is 12.7 Å². The number of carbonyl (C=O) groups excluding carboxylic acids is 1. The van der Waals surface area contributed by atoms with Crippen molar-refractivity contribution in [3.05, 3.63) is 62.9 Å². The highest BCUT2D eigenvalue weighted by Gasteiger charge is 2.47. The first-order chi connectivity index (χ1) is 14.0. The summed E-state index contributed by atoms with van der Waals surface area (Å²) in [6.07, 6.45) is -3.90. The molecule has 0 aliphatic carbocycles. The standard InChI is InChI=1S/C18H20FN3O7/c19-29-15-14(25)13(9-23)28-17(15)22-8-12(16(26)20-18(22)27)21(10-24)7-6-11-4-2-1-3-5-11/h1-5,8,10,13-15,17,23,25H,6-7,9H2,(H,20,26,27)/t13-,14+,15-,17-/m1/s1. The van der Waals surface area contributed by atoms with Gasteiger partial charge in [-0.3, -0.25) is 19.1 Å². The highest BCUT2D eigenvalue weighted by Crippen LogP contribution is 2.31. The molecule has 2 heterocycles. The van der Waals surface area contributed by atoms with Crippen molar-refractivity contribution in [2.45, 2.75) is 31.0 Å². The molecule has 29 heavy (non-hydrogen) atoms. The molecule has 2 aromatic rings. The quantitative estimate of drug-likeness (QED) is 0.489. The molecule has 3 N–H and O–H groups in total. The van der Waals surface area contributed by atoms with E-state index in [4.69, 9.17) is 4.74 Å². The third kappa shape index (κ3) is 4.27. The number of hydrogen-bond donors (Lipinski definition) is 3. The largest absolute Gasteiger partial charge is 0.394 e. The highest BCUT2D eigenvalue weighted by molar-refractivity contribution is 5.74. The normalized spacial score (nSPS) is 23.8. The molecule has 11 heteroatoms. The second kappa shape index (κ2) is 9.09. The highest BCUT2D eigenvalue weighted by atomic mass is 19.3. The first-order valence-corrected chi connectivity index (χ1v) is 8.83. The summed E-state index contributed by atoms with van der Waals surface area (Å²) in [5.74, 6) is 0. The minimum Gasteiger partial charge on any atom is -0.394 e. The number of aromatic nitrogens is 2. The van der Waals surface area contributed by atoms with Crippen LogP contribution in [0.25, 0.3) is 0 Å². The van der Waals surface area contributed by atoms with Gasteiger partial charge in [-0.15, -0.1) is 0 Å². The molecule has 156 valence electrons. The van der Waals surface area contributed by atoms with Crippen LogP contribution in [0, 0.1) is 0 Å². The number of halogens is 1. The second-order valence-electron chi connectivity index (χ2n) is 6.51. The lowest BCUT2D eigenvalue weighted by atomic mass is 10.1. The molecular formula is C18H20FN3O7. The van der Waals surface area contributed by atoms with E-state index in [-0.39, 0.29) is 12.2 Å². The van der Waals surface area contributed by atoms with Crippen molar-refractivity contribution in [1.29, 1.82) is 0 Å². The number of carbonyl (C=O) groups is 1. The molecule has 1 aliphatic rings. The minimum atomic E-state index is -1.61. The predicted octanol–water partition coefficient (Wildman–Crippen LogP) is -0.738.